The highest BCUT2D eigenvalue weighted by Crippen LogP contribution is 2.52. The maximum Gasteiger partial charge on any atom is 0.171 e. The lowest BCUT2D eigenvalue weighted by molar-refractivity contribution is -0.253. The van der Waals surface area contributed by atoms with Crippen LogP contribution in [-0.2, 0) is 10.4 Å². The Kier molecular flexibility index (Phi) is 7.05. The van der Waals surface area contributed by atoms with E-state index < -0.39 is 0 Å². The average molecular weight is 441 g/mol. The molecule has 0 spiro atoms. The minimum Gasteiger partial charge on any atom is -0.345 e. The van der Waals surface area contributed by atoms with Gasteiger partial charge in [0, 0.05) is 29.8 Å². The fourth-order valence-corrected chi connectivity index (χ4v) is 6.05. The Labute approximate surface area is 190 Å². The largest absolute Gasteiger partial charge is 0.345 e. The van der Waals surface area contributed by atoms with E-state index in [4.69, 9.17) is 14.3 Å². The van der Waals surface area contributed by atoms with E-state index in [0.717, 1.165) is 49.4 Å². The lowest BCUT2D eigenvalue weighted by Crippen LogP contribution is -2.59. The summed E-state index contributed by atoms with van der Waals surface area (Å²) in [6.07, 6.45) is 16.0. The number of para-hydroxylation sites is 1. The second-order valence-corrected chi connectivity index (χ2v) is 9.59. The van der Waals surface area contributed by atoms with E-state index in [1.54, 1.807) is 6.26 Å². The molecule has 3 aliphatic rings. The average Bonchev–Trinajstić information content (AvgIpc) is 3.52. The van der Waals surface area contributed by atoms with Gasteiger partial charge in [-0.05, 0) is 31.7 Å². The summed E-state index contributed by atoms with van der Waals surface area (Å²) in [7, 11) is 0. The van der Waals surface area contributed by atoms with Crippen LogP contribution in [0, 0.1) is 5.92 Å². The number of hydrazine groups is 1. The molecule has 1 aliphatic carbocycles. The number of hydrogen-bond acceptors (Lipinski definition) is 7. The first-order chi connectivity index (χ1) is 15.9. The molecule has 1 N–H and O–H groups in total. The van der Waals surface area contributed by atoms with E-state index >= 15 is 0 Å². The Hall–Kier alpha value is -1.96. The molecule has 3 atom stereocenters. The van der Waals surface area contributed by atoms with Gasteiger partial charge in [0.25, 0.3) is 0 Å². The molecular weight excluding hydrogens is 404 g/mol. The van der Waals surface area contributed by atoms with Gasteiger partial charge in [-0.25, -0.2) is 5.01 Å². The first kappa shape index (κ1) is 21.9. The molecule has 174 valence electrons. The second kappa shape index (κ2) is 10.3. The zero-order valence-electron chi connectivity index (χ0n) is 19.0. The van der Waals surface area contributed by atoms with E-state index in [9.17, 15) is 0 Å². The van der Waals surface area contributed by atoms with Crippen molar-refractivity contribution in [2.24, 2.45) is 5.92 Å². The highest BCUT2D eigenvalue weighted by Gasteiger charge is 2.53. The second-order valence-electron chi connectivity index (χ2n) is 9.59. The Bertz CT molecular complexity index is 835. The molecule has 0 amide bonds. The summed E-state index contributed by atoms with van der Waals surface area (Å²) in [6, 6.07) is 8.24. The first-order valence-corrected chi connectivity index (χ1v) is 12.6. The Morgan fingerprint density at radius 1 is 0.938 bits per heavy atom. The van der Waals surface area contributed by atoms with Crippen molar-refractivity contribution in [3.8, 4) is 5.75 Å². The molecule has 2 aliphatic heterocycles. The molecule has 1 saturated heterocycles. The van der Waals surface area contributed by atoms with E-state index in [1.807, 2.05) is 12.1 Å². The van der Waals surface area contributed by atoms with Crippen LogP contribution < -0.4 is 10.3 Å². The third-order valence-electron chi connectivity index (χ3n) is 7.67. The zero-order chi connectivity index (χ0) is 21.6. The van der Waals surface area contributed by atoms with Crippen LogP contribution in [-0.4, -0.2) is 28.5 Å². The molecular formula is C25H36N4O3. The fraction of sp³-hybridized carbons (Fsp3) is 0.680. The Balaban J connectivity index is 1.60. The van der Waals surface area contributed by atoms with Crippen molar-refractivity contribution in [2.75, 3.05) is 13.1 Å². The topological polar surface area (TPSA) is 72.7 Å². The molecule has 7 heteroatoms. The van der Waals surface area contributed by atoms with Crippen molar-refractivity contribution in [1.82, 2.24) is 20.8 Å². The monoisotopic (exact) mass is 440 g/mol. The van der Waals surface area contributed by atoms with Crippen LogP contribution in [0.2, 0.25) is 0 Å². The van der Waals surface area contributed by atoms with Crippen molar-refractivity contribution in [3.63, 3.8) is 0 Å². The maximum atomic E-state index is 6.09. The van der Waals surface area contributed by atoms with E-state index in [1.165, 1.54) is 57.8 Å². The predicted octanol–water partition coefficient (Wildman–Crippen LogP) is 5.46. The van der Waals surface area contributed by atoms with Crippen molar-refractivity contribution < 1.29 is 14.3 Å². The van der Waals surface area contributed by atoms with Gasteiger partial charge in [0.15, 0.2) is 5.75 Å². The van der Waals surface area contributed by atoms with Gasteiger partial charge in [-0.1, -0.05) is 69.6 Å². The number of fused-ring (bicyclic) bond motifs is 1. The third-order valence-corrected chi connectivity index (χ3v) is 7.67. The predicted molar refractivity (Wildman–Crippen MR) is 120 cm³/mol. The molecule has 0 bridgehead atoms. The summed E-state index contributed by atoms with van der Waals surface area (Å²) in [5.41, 5.74) is 5.53. The van der Waals surface area contributed by atoms with Gasteiger partial charge in [-0.3, -0.25) is 5.43 Å². The molecule has 1 saturated carbocycles. The summed E-state index contributed by atoms with van der Waals surface area (Å²) < 4.78 is 5.36. The normalized spacial score (nSPS) is 30.6. The molecule has 32 heavy (non-hydrogen) atoms. The van der Waals surface area contributed by atoms with E-state index in [-0.39, 0.29) is 17.6 Å². The summed E-state index contributed by atoms with van der Waals surface area (Å²) in [6.45, 7) is 1.97. The number of nitrogens with one attached hydrogen (secondary N) is 1. The number of nitrogens with zero attached hydrogens (tertiary/aromatic N) is 3. The fourth-order valence-electron chi connectivity index (χ4n) is 6.05. The number of aromatic nitrogens is 2. The zero-order valence-corrected chi connectivity index (χ0v) is 19.0. The summed E-state index contributed by atoms with van der Waals surface area (Å²) in [5, 5.41) is 11.0. The minimum atomic E-state index is -0.361. The van der Waals surface area contributed by atoms with Gasteiger partial charge in [-0.15, -0.1) is 5.10 Å². The van der Waals surface area contributed by atoms with Gasteiger partial charge in [0.1, 0.15) is 18.1 Å². The molecule has 2 fully saturated rings. The molecule has 2 aromatic rings. The Morgan fingerprint density at radius 2 is 1.75 bits per heavy atom. The summed E-state index contributed by atoms with van der Waals surface area (Å²) >= 11 is 0. The van der Waals surface area contributed by atoms with Gasteiger partial charge in [-0.2, -0.15) is 4.89 Å². The highest BCUT2D eigenvalue weighted by molar-refractivity contribution is 5.38. The summed E-state index contributed by atoms with van der Waals surface area (Å²) in [4.78, 5) is 11.8. The lowest BCUT2D eigenvalue weighted by atomic mass is 9.70. The standard InChI is InChI=1S/C25H36N4O3/c1-3-7-14-21(24-20-13-8-9-15-22(20)31-32-24)25(16-10-4-1,23-19-30-28-27-23)29-18-12-6-2-5-11-17-26-29/h8-9,13,15,19,21,24,26H,1-7,10-12,14,16-18H2. The van der Waals surface area contributed by atoms with Gasteiger partial charge >= 0.3 is 0 Å². The van der Waals surface area contributed by atoms with Gasteiger partial charge < -0.3 is 9.41 Å². The summed E-state index contributed by atoms with van der Waals surface area (Å²) in [5.74, 6) is 1.01. The first-order valence-electron chi connectivity index (χ1n) is 12.6. The molecule has 3 unspecified atom stereocenters. The smallest absolute Gasteiger partial charge is 0.171 e. The number of benzene rings is 1. The molecule has 0 radical (unpaired) electrons. The third kappa shape index (κ3) is 4.30. The minimum absolute atomic E-state index is 0.143. The van der Waals surface area contributed by atoms with Crippen LogP contribution in [0.5, 0.6) is 5.75 Å². The van der Waals surface area contributed by atoms with E-state index in [2.05, 4.69) is 32.9 Å². The van der Waals surface area contributed by atoms with Crippen molar-refractivity contribution in [3.05, 3.63) is 41.8 Å². The van der Waals surface area contributed by atoms with Gasteiger partial charge in [0.05, 0.1) is 5.54 Å². The van der Waals surface area contributed by atoms with Crippen LogP contribution in [0.3, 0.4) is 0 Å². The molecule has 1 aromatic heterocycles. The lowest BCUT2D eigenvalue weighted by Gasteiger charge is -2.49. The maximum absolute atomic E-state index is 6.09. The van der Waals surface area contributed by atoms with Crippen LogP contribution >= 0.6 is 0 Å². The number of rotatable bonds is 3. The van der Waals surface area contributed by atoms with Gasteiger partial charge in [0.2, 0.25) is 0 Å². The SMILES string of the molecule is c1ccc2c(c1)OOC2C1CCCCCCCC1(c1conn1)N1CCCCCCCN1. The van der Waals surface area contributed by atoms with Crippen molar-refractivity contribution in [1.29, 1.82) is 0 Å². The molecule has 1 aromatic carbocycles. The van der Waals surface area contributed by atoms with Crippen LogP contribution in [0.1, 0.15) is 94.4 Å². The quantitative estimate of drug-likeness (QED) is 0.635. The Morgan fingerprint density at radius 3 is 2.66 bits per heavy atom. The van der Waals surface area contributed by atoms with Crippen molar-refractivity contribution >= 4 is 0 Å². The molecule has 5 rings (SSSR count). The van der Waals surface area contributed by atoms with Crippen molar-refractivity contribution in [2.45, 2.75) is 88.7 Å². The van der Waals surface area contributed by atoms with Crippen LogP contribution in [0.15, 0.2) is 35.1 Å². The molecule has 7 nitrogen and oxygen atoms in total. The van der Waals surface area contributed by atoms with E-state index in [0.29, 0.717) is 0 Å². The van der Waals surface area contributed by atoms with Crippen LogP contribution in [0.25, 0.3) is 0 Å². The van der Waals surface area contributed by atoms with Crippen LogP contribution in [0.4, 0.5) is 0 Å². The molecule has 3 heterocycles. The number of hydrogen-bond donors (Lipinski definition) is 1. The highest BCUT2D eigenvalue weighted by atomic mass is 17.2.